The van der Waals surface area contributed by atoms with E-state index in [-0.39, 0.29) is 5.91 Å². The molecule has 1 heterocycles. The van der Waals surface area contributed by atoms with Crippen molar-refractivity contribution in [3.05, 3.63) is 70.9 Å². The van der Waals surface area contributed by atoms with Crippen LogP contribution in [0.3, 0.4) is 0 Å². The molecule has 0 aliphatic rings. The maximum absolute atomic E-state index is 12.3. The molecular weight excluding hydrogens is 308 g/mol. The van der Waals surface area contributed by atoms with Gasteiger partial charge in [-0.3, -0.25) is 4.79 Å². The van der Waals surface area contributed by atoms with E-state index >= 15 is 0 Å². The Morgan fingerprint density at radius 2 is 1.87 bits per heavy atom. The SMILES string of the molecule is CN(Cc1ccc(Cl)cc1)C(=O)CCc1c[nH]c2ccccc12. The number of aromatic amines is 1. The van der Waals surface area contributed by atoms with Crippen LogP contribution in [0.5, 0.6) is 0 Å². The van der Waals surface area contributed by atoms with Gasteiger partial charge in [0.25, 0.3) is 0 Å². The van der Waals surface area contributed by atoms with Gasteiger partial charge in [0, 0.05) is 42.1 Å². The van der Waals surface area contributed by atoms with Crippen LogP contribution in [0.25, 0.3) is 10.9 Å². The van der Waals surface area contributed by atoms with Crippen molar-refractivity contribution < 1.29 is 4.79 Å². The van der Waals surface area contributed by atoms with Crippen LogP contribution in [-0.2, 0) is 17.8 Å². The van der Waals surface area contributed by atoms with Crippen LogP contribution in [0, 0.1) is 0 Å². The van der Waals surface area contributed by atoms with Crippen molar-refractivity contribution in [2.75, 3.05) is 7.05 Å². The minimum absolute atomic E-state index is 0.144. The molecule has 0 atom stereocenters. The van der Waals surface area contributed by atoms with Crippen LogP contribution in [0.2, 0.25) is 5.02 Å². The maximum Gasteiger partial charge on any atom is 0.222 e. The molecule has 3 aromatic rings. The Hall–Kier alpha value is -2.26. The molecule has 118 valence electrons. The molecule has 0 bridgehead atoms. The molecule has 2 aromatic carbocycles. The number of benzene rings is 2. The van der Waals surface area contributed by atoms with Crippen LogP contribution in [0.1, 0.15) is 17.5 Å². The second-order valence-corrected chi connectivity index (χ2v) is 6.17. The first-order valence-corrected chi connectivity index (χ1v) is 8.04. The molecule has 0 radical (unpaired) electrons. The fourth-order valence-electron chi connectivity index (χ4n) is 2.72. The Labute approximate surface area is 140 Å². The number of aryl methyl sites for hydroxylation is 1. The molecule has 1 aromatic heterocycles. The summed E-state index contributed by atoms with van der Waals surface area (Å²) in [7, 11) is 1.84. The number of aromatic nitrogens is 1. The molecule has 0 fully saturated rings. The van der Waals surface area contributed by atoms with E-state index in [1.807, 2.05) is 55.7 Å². The van der Waals surface area contributed by atoms with Gasteiger partial charge in [-0.2, -0.15) is 0 Å². The fourth-order valence-corrected chi connectivity index (χ4v) is 2.85. The van der Waals surface area contributed by atoms with Crippen LogP contribution in [0.15, 0.2) is 54.7 Å². The summed E-state index contributed by atoms with van der Waals surface area (Å²) >= 11 is 5.88. The van der Waals surface area contributed by atoms with Crippen LogP contribution in [-0.4, -0.2) is 22.8 Å². The first-order valence-electron chi connectivity index (χ1n) is 7.67. The first-order chi connectivity index (χ1) is 11.1. The van der Waals surface area contributed by atoms with Crippen LogP contribution in [0.4, 0.5) is 0 Å². The molecular formula is C19H19ClN2O. The van der Waals surface area contributed by atoms with Gasteiger partial charge in [-0.15, -0.1) is 0 Å². The Morgan fingerprint density at radius 3 is 2.65 bits per heavy atom. The monoisotopic (exact) mass is 326 g/mol. The summed E-state index contributed by atoms with van der Waals surface area (Å²) < 4.78 is 0. The average Bonchev–Trinajstić information content (AvgIpc) is 2.98. The minimum Gasteiger partial charge on any atom is -0.361 e. The lowest BCUT2D eigenvalue weighted by molar-refractivity contribution is -0.130. The molecule has 0 aliphatic carbocycles. The van der Waals surface area contributed by atoms with Gasteiger partial charge in [-0.25, -0.2) is 0 Å². The highest BCUT2D eigenvalue weighted by molar-refractivity contribution is 6.30. The molecule has 0 saturated heterocycles. The minimum atomic E-state index is 0.144. The zero-order valence-electron chi connectivity index (χ0n) is 13.1. The third kappa shape index (κ3) is 3.74. The highest BCUT2D eigenvalue weighted by Crippen LogP contribution is 2.19. The Morgan fingerprint density at radius 1 is 1.13 bits per heavy atom. The second-order valence-electron chi connectivity index (χ2n) is 5.74. The van der Waals surface area contributed by atoms with E-state index in [9.17, 15) is 4.79 Å². The summed E-state index contributed by atoms with van der Waals surface area (Å²) in [5.41, 5.74) is 3.38. The largest absolute Gasteiger partial charge is 0.361 e. The number of hydrogen-bond acceptors (Lipinski definition) is 1. The van der Waals surface area contributed by atoms with E-state index in [1.54, 1.807) is 4.90 Å². The van der Waals surface area contributed by atoms with E-state index in [0.29, 0.717) is 18.0 Å². The van der Waals surface area contributed by atoms with Crippen molar-refractivity contribution in [2.24, 2.45) is 0 Å². The van der Waals surface area contributed by atoms with Gasteiger partial charge >= 0.3 is 0 Å². The maximum atomic E-state index is 12.3. The van der Waals surface area contributed by atoms with Crippen molar-refractivity contribution in [3.63, 3.8) is 0 Å². The number of nitrogens with zero attached hydrogens (tertiary/aromatic N) is 1. The summed E-state index contributed by atoms with van der Waals surface area (Å²) in [5.74, 6) is 0.144. The summed E-state index contributed by atoms with van der Waals surface area (Å²) in [6, 6.07) is 15.8. The predicted octanol–water partition coefficient (Wildman–Crippen LogP) is 4.41. The number of H-pyrrole nitrogens is 1. The van der Waals surface area contributed by atoms with E-state index in [2.05, 4.69) is 11.1 Å². The number of rotatable bonds is 5. The summed E-state index contributed by atoms with van der Waals surface area (Å²) in [6.07, 6.45) is 3.25. The van der Waals surface area contributed by atoms with Crippen LogP contribution >= 0.6 is 11.6 Å². The Kier molecular flexibility index (Phi) is 4.68. The van der Waals surface area contributed by atoms with Gasteiger partial charge in [0.2, 0.25) is 5.91 Å². The van der Waals surface area contributed by atoms with Crippen molar-refractivity contribution in [3.8, 4) is 0 Å². The predicted molar refractivity (Wildman–Crippen MR) is 94.5 cm³/mol. The van der Waals surface area contributed by atoms with E-state index in [0.717, 1.165) is 17.5 Å². The van der Waals surface area contributed by atoms with Crippen molar-refractivity contribution in [2.45, 2.75) is 19.4 Å². The number of para-hydroxylation sites is 1. The number of carbonyl (C=O) groups excluding carboxylic acids is 1. The summed E-state index contributed by atoms with van der Waals surface area (Å²) in [5, 5.41) is 1.91. The van der Waals surface area contributed by atoms with Gasteiger partial charge in [0.15, 0.2) is 0 Å². The summed E-state index contributed by atoms with van der Waals surface area (Å²) in [4.78, 5) is 17.3. The van der Waals surface area contributed by atoms with Crippen molar-refractivity contribution >= 4 is 28.4 Å². The Bertz CT molecular complexity index is 808. The Balaban J connectivity index is 1.59. The zero-order valence-corrected chi connectivity index (χ0v) is 13.8. The van der Waals surface area contributed by atoms with E-state index in [4.69, 9.17) is 11.6 Å². The smallest absolute Gasteiger partial charge is 0.222 e. The molecule has 0 aliphatic heterocycles. The molecule has 3 nitrogen and oxygen atoms in total. The van der Waals surface area contributed by atoms with Gasteiger partial charge in [-0.05, 0) is 35.7 Å². The standard InChI is InChI=1S/C19H19ClN2O/c1-22(13-14-6-9-16(20)10-7-14)19(23)11-8-15-12-21-18-5-3-2-4-17(15)18/h2-7,9-10,12,21H,8,11,13H2,1H3. The average molecular weight is 327 g/mol. The second kappa shape index (κ2) is 6.88. The zero-order chi connectivity index (χ0) is 16.2. The molecule has 23 heavy (non-hydrogen) atoms. The third-order valence-corrected chi connectivity index (χ3v) is 4.29. The third-order valence-electron chi connectivity index (χ3n) is 4.04. The summed E-state index contributed by atoms with van der Waals surface area (Å²) in [6.45, 7) is 0.601. The van der Waals surface area contributed by atoms with Crippen molar-refractivity contribution in [1.82, 2.24) is 9.88 Å². The lowest BCUT2D eigenvalue weighted by Gasteiger charge is -2.17. The number of fused-ring (bicyclic) bond motifs is 1. The molecule has 0 unspecified atom stereocenters. The molecule has 0 spiro atoms. The number of amides is 1. The van der Waals surface area contributed by atoms with Crippen LogP contribution < -0.4 is 0 Å². The quantitative estimate of drug-likeness (QED) is 0.740. The molecule has 4 heteroatoms. The topological polar surface area (TPSA) is 36.1 Å². The normalized spacial score (nSPS) is 10.9. The lowest BCUT2D eigenvalue weighted by atomic mass is 10.1. The number of carbonyl (C=O) groups is 1. The highest BCUT2D eigenvalue weighted by Gasteiger charge is 2.11. The highest BCUT2D eigenvalue weighted by atomic mass is 35.5. The van der Waals surface area contributed by atoms with E-state index in [1.165, 1.54) is 10.9 Å². The molecule has 1 amide bonds. The van der Waals surface area contributed by atoms with Gasteiger partial charge < -0.3 is 9.88 Å². The number of hydrogen-bond donors (Lipinski definition) is 1. The fraction of sp³-hybridized carbons (Fsp3) is 0.211. The molecule has 1 N–H and O–H groups in total. The van der Waals surface area contributed by atoms with E-state index < -0.39 is 0 Å². The van der Waals surface area contributed by atoms with Gasteiger partial charge in [0.1, 0.15) is 0 Å². The van der Waals surface area contributed by atoms with Crippen molar-refractivity contribution in [1.29, 1.82) is 0 Å². The van der Waals surface area contributed by atoms with Gasteiger partial charge in [-0.1, -0.05) is 41.9 Å². The first kappa shape index (κ1) is 15.6. The number of nitrogens with one attached hydrogen (secondary N) is 1. The lowest BCUT2D eigenvalue weighted by Crippen LogP contribution is -2.26. The number of halogens is 1. The molecule has 3 rings (SSSR count). The van der Waals surface area contributed by atoms with Gasteiger partial charge in [0.05, 0.1) is 0 Å². The molecule has 0 saturated carbocycles.